The summed E-state index contributed by atoms with van der Waals surface area (Å²) in [6, 6.07) is 3.24. The molecule has 0 saturated heterocycles. The number of halogens is 3. The summed E-state index contributed by atoms with van der Waals surface area (Å²) in [6.45, 7) is 4.94. The molecule has 2 nitrogen and oxygen atoms in total. The number of carbonyl (C=O) groups excluding carboxylic acids is 1. The van der Waals surface area contributed by atoms with E-state index in [4.69, 9.17) is 39.5 Å². The monoisotopic (exact) mass is 279 g/mol. The number of ether oxygens (including phenoxy) is 1. The molecule has 0 aliphatic heterocycles. The molecule has 0 unspecified atom stereocenters. The highest BCUT2D eigenvalue weighted by Crippen LogP contribution is 2.31. The number of rotatable bonds is 4. The predicted octanol–water partition coefficient (Wildman–Crippen LogP) is 4.05. The molecule has 0 atom stereocenters. The summed E-state index contributed by atoms with van der Waals surface area (Å²) in [4.78, 5) is 10.2. The van der Waals surface area contributed by atoms with Gasteiger partial charge in [-0.25, -0.2) is 4.79 Å². The summed E-state index contributed by atoms with van der Waals surface area (Å²) in [7, 11) is 0. The Balaban J connectivity index is 2.97. The molecule has 0 aromatic heterocycles. The molecule has 0 heterocycles. The summed E-state index contributed by atoms with van der Waals surface area (Å²) in [5.41, 5.74) is 0.0963. The topological polar surface area (TPSA) is 26.3 Å². The molecule has 0 saturated carbocycles. The molecule has 1 aromatic carbocycles. The fourth-order valence-electron chi connectivity index (χ4n) is 1.31. The highest BCUT2D eigenvalue weighted by molar-refractivity contribution is 6.43. The highest BCUT2D eigenvalue weighted by Gasteiger charge is 2.22. The van der Waals surface area contributed by atoms with Gasteiger partial charge in [0, 0.05) is 11.4 Å². The van der Waals surface area contributed by atoms with E-state index >= 15 is 0 Å². The van der Waals surface area contributed by atoms with Crippen LogP contribution in [0.15, 0.2) is 12.1 Å². The van der Waals surface area contributed by atoms with Gasteiger partial charge in [-0.2, -0.15) is 0 Å². The van der Waals surface area contributed by atoms with Gasteiger partial charge in [0.15, 0.2) is 0 Å². The smallest absolute Gasteiger partial charge is 0.418 e. The number of hydrogen-bond acceptors (Lipinski definition) is 2. The van der Waals surface area contributed by atoms with Crippen molar-refractivity contribution in [1.29, 1.82) is 0 Å². The lowest BCUT2D eigenvalue weighted by molar-refractivity contribution is 0.0898. The first-order chi connectivity index (χ1) is 7.35. The molecule has 5 heteroatoms. The molecule has 0 aliphatic carbocycles. The predicted molar refractivity (Wildman–Crippen MR) is 66.0 cm³/mol. The molecule has 16 heavy (non-hydrogen) atoms. The maximum Gasteiger partial charge on any atom is 0.418 e. The molecule has 0 aliphatic rings. The molecule has 0 bridgehead atoms. The first-order valence-electron chi connectivity index (χ1n) is 4.54. The van der Waals surface area contributed by atoms with E-state index in [0.29, 0.717) is 21.5 Å². The van der Waals surface area contributed by atoms with Crippen molar-refractivity contribution in [1.82, 2.24) is 0 Å². The van der Waals surface area contributed by atoms with Crippen LogP contribution >= 0.6 is 34.8 Å². The maximum atomic E-state index is 10.2. The average Bonchev–Trinajstić information content (AvgIpc) is 2.13. The van der Waals surface area contributed by atoms with Crippen LogP contribution in [0.25, 0.3) is 0 Å². The van der Waals surface area contributed by atoms with Gasteiger partial charge in [-0.1, -0.05) is 34.8 Å². The van der Waals surface area contributed by atoms with Crippen LogP contribution < -0.4 is 0 Å². The van der Waals surface area contributed by atoms with Crippen LogP contribution in [0.2, 0.25) is 15.1 Å². The van der Waals surface area contributed by atoms with Crippen molar-refractivity contribution in [2.24, 2.45) is 0 Å². The quantitative estimate of drug-likeness (QED) is 0.778. The summed E-state index contributed by atoms with van der Waals surface area (Å²) < 4.78 is 4.82. The second-order valence-electron chi connectivity index (χ2n) is 3.98. The van der Waals surface area contributed by atoms with Gasteiger partial charge < -0.3 is 4.74 Å². The SMILES string of the molecule is CC(C)(Cc1cc(Cl)c(Cl)cc1Cl)O[C]=O. The Hall–Kier alpha value is -0.440. The van der Waals surface area contributed by atoms with Crippen molar-refractivity contribution < 1.29 is 9.53 Å². The summed E-state index contributed by atoms with van der Waals surface area (Å²) in [6.07, 6.45) is 0.442. The van der Waals surface area contributed by atoms with E-state index < -0.39 is 5.60 Å². The number of hydrogen-bond donors (Lipinski definition) is 0. The van der Waals surface area contributed by atoms with E-state index in [-0.39, 0.29) is 0 Å². The van der Waals surface area contributed by atoms with Gasteiger partial charge in [0.05, 0.1) is 10.0 Å². The minimum absolute atomic E-state index is 0.399. The van der Waals surface area contributed by atoms with Crippen LogP contribution in [0.4, 0.5) is 0 Å². The Labute approximate surface area is 109 Å². The molecule has 1 radical (unpaired) electrons. The zero-order chi connectivity index (χ0) is 12.3. The van der Waals surface area contributed by atoms with E-state index in [2.05, 4.69) is 0 Å². The van der Waals surface area contributed by atoms with Gasteiger partial charge in [-0.3, -0.25) is 0 Å². The third kappa shape index (κ3) is 3.55. The normalized spacial score (nSPS) is 11.3. The second kappa shape index (κ2) is 5.26. The van der Waals surface area contributed by atoms with Crippen molar-refractivity contribution in [3.05, 3.63) is 32.8 Å². The Morgan fingerprint density at radius 1 is 1.19 bits per heavy atom. The number of benzene rings is 1. The van der Waals surface area contributed by atoms with Gasteiger partial charge in [-0.15, -0.1) is 0 Å². The first kappa shape index (κ1) is 13.6. The third-order valence-corrected chi connectivity index (χ3v) is 3.10. The van der Waals surface area contributed by atoms with Gasteiger partial charge in [0.25, 0.3) is 0 Å². The van der Waals surface area contributed by atoms with Crippen molar-refractivity contribution >= 4 is 41.3 Å². The van der Waals surface area contributed by atoms with Crippen LogP contribution in [0.1, 0.15) is 19.4 Å². The van der Waals surface area contributed by atoms with Crippen molar-refractivity contribution in [2.45, 2.75) is 25.9 Å². The lowest BCUT2D eigenvalue weighted by Crippen LogP contribution is -2.26. The van der Waals surface area contributed by atoms with Crippen LogP contribution in [-0.2, 0) is 16.0 Å². The molecular weight excluding hydrogens is 270 g/mol. The largest absolute Gasteiger partial charge is 0.451 e. The van der Waals surface area contributed by atoms with Crippen LogP contribution in [0, 0.1) is 0 Å². The summed E-state index contributed by atoms with van der Waals surface area (Å²) in [5, 5.41) is 1.32. The molecule has 1 rings (SSSR count). The van der Waals surface area contributed by atoms with Crippen molar-refractivity contribution in [3.63, 3.8) is 0 Å². The van der Waals surface area contributed by atoms with Crippen molar-refractivity contribution in [3.8, 4) is 0 Å². The van der Waals surface area contributed by atoms with E-state index in [9.17, 15) is 4.79 Å². The third-order valence-electron chi connectivity index (χ3n) is 2.02. The van der Waals surface area contributed by atoms with Gasteiger partial charge in [0.1, 0.15) is 5.60 Å². The van der Waals surface area contributed by atoms with Gasteiger partial charge >= 0.3 is 6.47 Å². The van der Waals surface area contributed by atoms with Crippen LogP contribution in [0.5, 0.6) is 0 Å². The Bertz CT molecular complexity index is 402. The first-order valence-corrected chi connectivity index (χ1v) is 5.68. The summed E-state index contributed by atoms with van der Waals surface area (Å²) >= 11 is 17.7. The second-order valence-corrected chi connectivity index (χ2v) is 5.20. The van der Waals surface area contributed by atoms with Crippen LogP contribution in [-0.4, -0.2) is 12.1 Å². The standard InChI is InChI=1S/C11H10Cl3O2/c1-11(2,16-6-15)5-7-3-9(13)10(14)4-8(7)12/h3-4H,5H2,1-2H3. The van der Waals surface area contributed by atoms with Crippen molar-refractivity contribution in [2.75, 3.05) is 0 Å². The molecule has 87 valence electrons. The molecule has 1 aromatic rings. The Morgan fingerprint density at radius 2 is 1.75 bits per heavy atom. The average molecular weight is 281 g/mol. The van der Waals surface area contributed by atoms with E-state index in [1.165, 1.54) is 6.47 Å². The Kier molecular flexibility index (Phi) is 4.48. The minimum Gasteiger partial charge on any atom is -0.451 e. The summed E-state index contributed by atoms with van der Waals surface area (Å²) in [5.74, 6) is 0. The molecule has 0 spiro atoms. The highest BCUT2D eigenvalue weighted by atomic mass is 35.5. The van der Waals surface area contributed by atoms with E-state index in [0.717, 1.165) is 5.56 Å². The fourth-order valence-corrected chi connectivity index (χ4v) is 1.94. The molecule has 0 N–H and O–H groups in total. The molecule has 0 fully saturated rings. The lowest BCUT2D eigenvalue weighted by Gasteiger charge is -2.22. The zero-order valence-corrected chi connectivity index (χ0v) is 11.1. The van der Waals surface area contributed by atoms with Crippen LogP contribution in [0.3, 0.4) is 0 Å². The minimum atomic E-state index is -0.678. The van der Waals surface area contributed by atoms with E-state index in [1.807, 2.05) is 0 Å². The molecule has 0 amide bonds. The van der Waals surface area contributed by atoms with E-state index in [1.54, 1.807) is 26.0 Å². The fraction of sp³-hybridized carbons (Fsp3) is 0.364. The maximum absolute atomic E-state index is 10.2. The zero-order valence-electron chi connectivity index (χ0n) is 8.81. The molecular formula is C11H10Cl3O2. The lowest BCUT2D eigenvalue weighted by atomic mass is 9.98. The van der Waals surface area contributed by atoms with Gasteiger partial charge in [-0.05, 0) is 31.5 Å². The Morgan fingerprint density at radius 3 is 2.31 bits per heavy atom. The van der Waals surface area contributed by atoms with Gasteiger partial charge in [0.2, 0.25) is 0 Å².